The van der Waals surface area contributed by atoms with Crippen molar-refractivity contribution in [1.29, 1.82) is 0 Å². The number of rotatable bonds is 5. The van der Waals surface area contributed by atoms with Crippen LogP contribution in [0.3, 0.4) is 0 Å². The lowest BCUT2D eigenvalue weighted by atomic mass is 9.87. The first-order chi connectivity index (χ1) is 12.5. The molecule has 0 saturated carbocycles. The number of ether oxygens (including phenoxy) is 1. The molecule has 1 saturated heterocycles. The molecule has 0 radical (unpaired) electrons. The molecule has 140 valence electrons. The van der Waals surface area contributed by atoms with Crippen molar-refractivity contribution in [2.24, 2.45) is 5.92 Å². The highest BCUT2D eigenvalue weighted by molar-refractivity contribution is 5.27. The topological polar surface area (TPSA) is 82.8 Å². The lowest BCUT2D eigenvalue weighted by Crippen LogP contribution is -2.50. The predicted molar refractivity (Wildman–Crippen MR) is 98.7 cm³/mol. The Labute approximate surface area is 154 Å². The molecule has 0 aliphatic carbocycles. The first kappa shape index (κ1) is 19.0. The first-order valence-electron chi connectivity index (χ1n) is 9.19. The molecule has 1 aromatic heterocycles. The predicted octanol–water partition coefficient (Wildman–Crippen LogP) is 2.02. The summed E-state index contributed by atoms with van der Waals surface area (Å²) in [5.41, 5.74) is 3.91. The fourth-order valence-corrected chi connectivity index (χ4v) is 3.41. The summed E-state index contributed by atoms with van der Waals surface area (Å²) in [7, 11) is 0. The van der Waals surface area contributed by atoms with Gasteiger partial charge in [-0.2, -0.15) is 0 Å². The largest absolute Gasteiger partial charge is 0.394 e. The third kappa shape index (κ3) is 3.96. The van der Waals surface area contributed by atoms with Gasteiger partial charge >= 0.3 is 0 Å². The van der Waals surface area contributed by atoms with Crippen molar-refractivity contribution in [2.75, 3.05) is 6.61 Å². The van der Waals surface area contributed by atoms with Crippen LogP contribution in [-0.4, -0.2) is 45.2 Å². The Bertz CT molecular complexity index is 716. The minimum Gasteiger partial charge on any atom is -0.394 e. The molecule has 5 atom stereocenters. The molecule has 1 aliphatic heterocycles. The molecule has 1 aromatic carbocycles. The molecule has 0 bridgehead atoms. The number of aromatic nitrogens is 1. The molecule has 26 heavy (non-hydrogen) atoms. The lowest BCUT2D eigenvalue weighted by Gasteiger charge is -2.40. The van der Waals surface area contributed by atoms with Crippen LogP contribution >= 0.6 is 0 Å². The third-order valence-electron chi connectivity index (χ3n) is 5.22. The number of aliphatic hydroxyl groups is 3. The van der Waals surface area contributed by atoms with E-state index in [4.69, 9.17) is 4.74 Å². The average Bonchev–Trinajstić information content (AvgIpc) is 2.67. The molecule has 2 heterocycles. The van der Waals surface area contributed by atoms with Gasteiger partial charge < -0.3 is 20.1 Å². The summed E-state index contributed by atoms with van der Waals surface area (Å²) in [6.45, 7) is 3.68. The fourth-order valence-electron chi connectivity index (χ4n) is 3.41. The number of aryl methyl sites for hydroxylation is 1. The summed E-state index contributed by atoms with van der Waals surface area (Å²) in [6, 6.07) is 14.1. The van der Waals surface area contributed by atoms with E-state index in [0.29, 0.717) is 12.1 Å². The van der Waals surface area contributed by atoms with Crippen LogP contribution in [0.15, 0.2) is 42.5 Å². The molecule has 1 fully saturated rings. The van der Waals surface area contributed by atoms with Crippen molar-refractivity contribution >= 4 is 0 Å². The Morgan fingerprint density at radius 1 is 1.00 bits per heavy atom. The summed E-state index contributed by atoms with van der Waals surface area (Å²) in [4.78, 5) is 4.64. The molecule has 3 rings (SSSR count). The molecule has 5 nitrogen and oxygen atoms in total. The normalized spacial score (nSPS) is 28.9. The van der Waals surface area contributed by atoms with Crippen molar-refractivity contribution in [1.82, 2.24) is 4.98 Å². The number of benzene rings is 1. The molecule has 0 amide bonds. The van der Waals surface area contributed by atoms with Gasteiger partial charge in [-0.05, 0) is 29.7 Å². The molecule has 2 aromatic rings. The average molecular weight is 357 g/mol. The van der Waals surface area contributed by atoms with Crippen LogP contribution < -0.4 is 0 Å². The van der Waals surface area contributed by atoms with Crippen LogP contribution in [0.5, 0.6) is 0 Å². The Balaban J connectivity index is 1.79. The highest BCUT2D eigenvalue weighted by atomic mass is 16.5. The van der Waals surface area contributed by atoms with Gasteiger partial charge in [-0.25, -0.2) is 0 Å². The van der Waals surface area contributed by atoms with E-state index in [-0.39, 0.29) is 12.5 Å². The quantitative estimate of drug-likeness (QED) is 0.763. The smallest absolute Gasteiger partial charge is 0.128 e. The molecule has 5 heteroatoms. The SMILES string of the molecule is CCc1ccc(Cc2cccc([C@@H]3O[C@H](CO)[C@@H](C)[C@H](O)[C@H]3O)n2)cc1. The van der Waals surface area contributed by atoms with Crippen LogP contribution in [-0.2, 0) is 17.6 Å². The van der Waals surface area contributed by atoms with Gasteiger partial charge in [-0.15, -0.1) is 0 Å². The number of pyridine rings is 1. The molecular formula is C21H27NO4. The number of hydrogen-bond donors (Lipinski definition) is 3. The highest BCUT2D eigenvalue weighted by Gasteiger charge is 2.43. The molecule has 1 aliphatic rings. The Hall–Kier alpha value is -1.79. The van der Waals surface area contributed by atoms with Crippen LogP contribution in [0.4, 0.5) is 0 Å². The molecular weight excluding hydrogens is 330 g/mol. The Morgan fingerprint density at radius 3 is 2.35 bits per heavy atom. The zero-order valence-corrected chi connectivity index (χ0v) is 15.2. The summed E-state index contributed by atoms with van der Waals surface area (Å²) in [5, 5.41) is 30.2. The summed E-state index contributed by atoms with van der Waals surface area (Å²) >= 11 is 0. The van der Waals surface area contributed by atoms with E-state index in [1.165, 1.54) is 11.1 Å². The molecule has 3 N–H and O–H groups in total. The Morgan fingerprint density at radius 2 is 1.69 bits per heavy atom. The van der Waals surface area contributed by atoms with Crippen molar-refractivity contribution in [2.45, 2.75) is 51.1 Å². The van der Waals surface area contributed by atoms with E-state index in [2.05, 4.69) is 36.2 Å². The van der Waals surface area contributed by atoms with E-state index in [9.17, 15) is 15.3 Å². The zero-order chi connectivity index (χ0) is 18.7. The van der Waals surface area contributed by atoms with E-state index >= 15 is 0 Å². The number of nitrogens with zero attached hydrogens (tertiary/aromatic N) is 1. The van der Waals surface area contributed by atoms with Gasteiger partial charge in [0.05, 0.1) is 24.5 Å². The lowest BCUT2D eigenvalue weighted by molar-refractivity contribution is -0.208. The van der Waals surface area contributed by atoms with Crippen LogP contribution in [0.25, 0.3) is 0 Å². The second kappa shape index (κ2) is 8.27. The van der Waals surface area contributed by atoms with Crippen LogP contribution in [0, 0.1) is 5.92 Å². The number of aliphatic hydroxyl groups excluding tert-OH is 3. The molecule has 0 spiro atoms. The summed E-state index contributed by atoms with van der Waals surface area (Å²) in [6.07, 6.45) is -1.61. The van der Waals surface area contributed by atoms with Gasteiger partial charge in [0.2, 0.25) is 0 Å². The van der Waals surface area contributed by atoms with E-state index in [1.54, 1.807) is 13.0 Å². The highest BCUT2D eigenvalue weighted by Crippen LogP contribution is 2.34. The molecule has 0 unspecified atom stereocenters. The van der Waals surface area contributed by atoms with Gasteiger partial charge in [0.1, 0.15) is 12.2 Å². The standard InChI is InChI=1S/C21H27NO4/c1-3-14-7-9-15(10-8-14)11-16-5-4-6-17(22-16)21-20(25)19(24)13(2)18(12-23)26-21/h4-10,13,18-21,23-25H,3,11-12H2,1-2H3/t13-,18-,19+,20-,21+/m1/s1. The Kier molecular flexibility index (Phi) is 6.04. The van der Waals surface area contributed by atoms with Crippen molar-refractivity contribution in [3.63, 3.8) is 0 Å². The minimum atomic E-state index is -1.07. The first-order valence-corrected chi connectivity index (χ1v) is 9.19. The van der Waals surface area contributed by atoms with Gasteiger partial charge in [-0.3, -0.25) is 4.98 Å². The maximum atomic E-state index is 10.4. The van der Waals surface area contributed by atoms with Gasteiger partial charge in [0.15, 0.2) is 0 Å². The number of hydrogen-bond acceptors (Lipinski definition) is 5. The second-order valence-electron chi connectivity index (χ2n) is 7.02. The second-order valence-corrected chi connectivity index (χ2v) is 7.02. The van der Waals surface area contributed by atoms with Crippen molar-refractivity contribution in [3.05, 3.63) is 65.0 Å². The van der Waals surface area contributed by atoms with Gasteiger partial charge in [0, 0.05) is 18.0 Å². The van der Waals surface area contributed by atoms with Crippen molar-refractivity contribution in [3.8, 4) is 0 Å². The van der Waals surface area contributed by atoms with E-state index in [1.807, 2.05) is 12.1 Å². The van der Waals surface area contributed by atoms with E-state index < -0.39 is 24.4 Å². The monoisotopic (exact) mass is 357 g/mol. The van der Waals surface area contributed by atoms with Crippen molar-refractivity contribution < 1.29 is 20.1 Å². The maximum Gasteiger partial charge on any atom is 0.128 e. The third-order valence-corrected chi connectivity index (χ3v) is 5.22. The maximum absolute atomic E-state index is 10.4. The summed E-state index contributed by atoms with van der Waals surface area (Å²) in [5.74, 6) is -0.341. The van der Waals surface area contributed by atoms with Crippen LogP contribution in [0.1, 0.15) is 42.5 Å². The van der Waals surface area contributed by atoms with E-state index in [0.717, 1.165) is 12.1 Å². The zero-order valence-electron chi connectivity index (χ0n) is 15.2. The summed E-state index contributed by atoms with van der Waals surface area (Å²) < 4.78 is 5.83. The van der Waals surface area contributed by atoms with Gasteiger partial charge in [0.25, 0.3) is 0 Å². The van der Waals surface area contributed by atoms with Crippen LogP contribution in [0.2, 0.25) is 0 Å². The fraction of sp³-hybridized carbons (Fsp3) is 0.476. The minimum absolute atomic E-state index is 0.203. The van der Waals surface area contributed by atoms with Gasteiger partial charge in [-0.1, -0.05) is 44.2 Å².